The van der Waals surface area contributed by atoms with Crippen molar-refractivity contribution in [1.82, 2.24) is 24.3 Å². The first kappa shape index (κ1) is 17.6. The van der Waals surface area contributed by atoms with Crippen molar-refractivity contribution < 1.29 is 12.9 Å². The predicted octanol–water partition coefficient (Wildman–Crippen LogP) is 1.02. The highest BCUT2D eigenvalue weighted by Crippen LogP contribution is 2.49. The van der Waals surface area contributed by atoms with Gasteiger partial charge in [0.25, 0.3) is 0 Å². The molecule has 2 aliphatic heterocycles. The smallest absolute Gasteiger partial charge is 0.231 e. The Morgan fingerprint density at radius 3 is 2.77 bits per heavy atom. The van der Waals surface area contributed by atoms with E-state index in [0.29, 0.717) is 24.8 Å². The van der Waals surface area contributed by atoms with Gasteiger partial charge in [0.1, 0.15) is 0 Å². The van der Waals surface area contributed by atoms with E-state index in [4.69, 9.17) is 4.52 Å². The Balaban J connectivity index is 1.55. The number of hydrogen-bond donors (Lipinski definition) is 0. The second-order valence-electron chi connectivity index (χ2n) is 7.29. The minimum atomic E-state index is -3.24. The molecule has 1 spiro atoms. The van der Waals surface area contributed by atoms with Gasteiger partial charge < -0.3 is 4.52 Å². The summed E-state index contributed by atoms with van der Waals surface area (Å²) in [6, 6.07) is 3.99. The fourth-order valence-corrected chi connectivity index (χ4v) is 5.33. The van der Waals surface area contributed by atoms with Crippen LogP contribution in [0.25, 0.3) is 0 Å². The Hall–Kier alpha value is -1.84. The summed E-state index contributed by atoms with van der Waals surface area (Å²) in [7, 11) is -3.24. The molecule has 0 radical (unpaired) electrons. The highest BCUT2D eigenvalue weighted by Gasteiger charge is 2.58. The average molecular weight is 377 g/mol. The molecule has 1 unspecified atom stereocenters. The Bertz CT molecular complexity index is 877. The van der Waals surface area contributed by atoms with E-state index in [2.05, 4.69) is 26.1 Å². The van der Waals surface area contributed by atoms with Crippen molar-refractivity contribution >= 4 is 10.0 Å². The Kier molecular flexibility index (Phi) is 4.32. The molecule has 2 fully saturated rings. The second kappa shape index (κ2) is 6.40. The van der Waals surface area contributed by atoms with Gasteiger partial charge in [-0.2, -0.15) is 4.98 Å². The third-order valence-corrected chi connectivity index (χ3v) is 7.22. The van der Waals surface area contributed by atoms with Gasteiger partial charge in [0.05, 0.1) is 11.7 Å². The van der Waals surface area contributed by atoms with Gasteiger partial charge in [0.2, 0.25) is 15.9 Å². The fourth-order valence-electron chi connectivity index (χ4n) is 4.14. The molecule has 0 N–H and O–H groups in total. The molecule has 140 valence electrons. The third-order valence-electron chi connectivity index (χ3n) is 5.42. The molecule has 0 bridgehead atoms. The summed E-state index contributed by atoms with van der Waals surface area (Å²) in [4.78, 5) is 10.9. The first-order chi connectivity index (χ1) is 12.4. The van der Waals surface area contributed by atoms with Crippen LogP contribution in [0.2, 0.25) is 0 Å². The van der Waals surface area contributed by atoms with Crippen LogP contribution in [0.3, 0.4) is 0 Å². The van der Waals surface area contributed by atoms with Gasteiger partial charge in [-0.15, -0.1) is 0 Å². The lowest BCUT2D eigenvalue weighted by Gasteiger charge is -2.50. The zero-order valence-corrected chi connectivity index (χ0v) is 15.8. The lowest BCUT2D eigenvalue weighted by Crippen LogP contribution is -2.59. The first-order valence-electron chi connectivity index (χ1n) is 8.81. The van der Waals surface area contributed by atoms with Crippen molar-refractivity contribution in [2.45, 2.75) is 26.3 Å². The molecule has 4 heterocycles. The van der Waals surface area contributed by atoms with Crippen molar-refractivity contribution in [1.29, 1.82) is 0 Å². The number of pyridine rings is 1. The van der Waals surface area contributed by atoms with E-state index in [1.54, 1.807) is 24.3 Å². The maximum absolute atomic E-state index is 12.4. The van der Waals surface area contributed by atoms with Crippen LogP contribution in [-0.4, -0.2) is 64.7 Å². The van der Waals surface area contributed by atoms with Crippen molar-refractivity contribution in [3.05, 3.63) is 41.8 Å². The summed E-state index contributed by atoms with van der Waals surface area (Å²) in [5.41, 5.74) is 0.993. The maximum Gasteiger partial charge on any atom is 0.231 e. The van der Waals surface area contributed by atoms with Crippen LogP contribution in [0.5, 0.6) is 0 Å². The van der Waals surface area contributed by atoms with E-state index in [1.807, 2.05) is 12.3 Å². The number of rotatable bonds is 5. The molecule has 0 aliphatic carbocycles. The zero-order chi connectivity index (χ0) is 18.4. The first-order valence-corrected chi connectivity index (χ1v) is 10.4. The summed E-state index contributed by atoms with van der Waals surface area (Å²) in [5.74, 6) is 1.18. The normalized spacial score (nSPS) is 23.4. The summed E-state index contributed by atoms with van der Waals surface area (Å²) in [5, 5.41) is 3.90. The second-order valence-corrected chi connectivity index (χ2v) is 9.55. The molecule has 0 amide bonds. The van der Waals surface area contributed by atoms with Crippen LogP contribution in [-0.2, 0) is 16.6 Å². The van der Waals surface area contributed by atoms with Crippen LogP contribution in [0.4, 0.5) is 0 Å². The molecule has 1 atom stereocenters. The number of sulfonamides is 1. The molecular weight excluding hydrogens is 354 g/mol. The zero-order valence-electron chi connectivity index (χ0n) is 15.0. The van der Waals surface area contributed by atoms with Gasteiger partial charge in [-0.1, -0.05) is 11.2 Å². The van der Waals surface area contributed by atoms with E-state index in [9.17, 15) is 8.42 Å². The van der Waals surface area contributed by atoms with Gasteiger partial charge in [-0.3, -0.25) is 9.88 Å². The van der Waals surface area contributed by atoms with Crippen LogP contribution >= 0.6 is 0 Å². The number of aryl methyl sites for hydroxylation is 1. The fraction of sp³-hybridized carbons (Fsp3) is 0.588. The number of hydrogen-bond acceptors (Lipinski definition) is 7. The average Bonchev–Trinajstić information content (AvgIpc) is 3.20. The van der Waals surface area contributed by atoms with E-state index >= 15 is 0 Å². The molecule has 26 heavy (non-hydrogen) atoms. The standard InChI is InChI=1S/C17H23N5O3S/c1-3-26(23,24)22-9-15(16-19-13(2)20-25-16)17(12-22)10-21(11-17)8-14-5-4-6-18-7-14/h4-7,15H,3,8-12H2,1-2H3. The van der Waals surface area contributed by atoms with E-state index in [0.717, 1.165) is 25.2 Å². The molecule has 8 nitrogen and oxygen atoms in total. The highest BCUT2D eigenvalue weighted by atomic mass is 32.2. The SMILES string of the molecule is CCS(=O)(=O)N1CC(c2nc(C)no2)C2(CN(Cc3cccnc3)C2)C1. The van der Waals surface area contributed by atoms with Crippen molar-refractivity contribution in [3.63, 3.8) is 0 Å². The summed E-state index contributed by atoms with van der Waals surface area (Å²) in [6.45, 7) is 6.82. The van der Waals surface area contributed by atoms with E-state index < -0.39 is 10.0 Å². The van der Waals surface area contributed by atoms with Crippen molar-refractivity contribution in [2.24, 2.45) is 5.41 Å². The van der Waals surface area contributed by atoms with Gasteiger partial charge >= 0.3 is 0 Å². The van der Waals surface area contributed by atoms with Crippen molar-refractivity contribution in [2.75, 3.05) is 31.9 Å². The topological polar surface area (TPSA) is 92.4 Å². The minimum absolute atomic E-state index is 0.0600. The van der Waals surface area contributed by atoms with E-state index in [1.165, 1.54) is 0 Å². The van der Waals surface area contributed by atoms with Gasteiger partial charge in [0.15, 0.2) is 5.82 Å². The van der Waals surface area contributed by atoms with Gasteiger partial charge in [0, 0.05) is 50.5 Å². The third kappa shape index (κ3) is 3.04. The van der Waals surface area contributed by atoms with Crippen molar-refractivity contribution in [3.8, 4) is 0 Å². The van der Waals surface area contributed by atoms with Gasteiger partial charge in [-0.05, 0) is 25.5 Å². The summed E-state index contributed by atoms with van der Waals surface area (Å²) in [6.07, 6.45) is 3.63. The monoisotopic (exact) mass is 377 g/mol. The molecule has 2 aromatic heterocycles. The quantitative estimate of drug-likeness (QED) is 0.768. The summed E-state index contributed by atoms with van der Waals surface area (Å²) < 4.78 is 31.9. The van der Waals surface area contributed by atoms with Crippen LogP contribution in [0.1, 0.15) is 30.1 Å². The van der Waals surface area contributed by atoms with E-state index in [-0.39, 0.29) is 17.1 Å². The Morgan fingerprint density at radius 2 is 2.15 bits per heavy atom. The van der Waals surface area contributed by atoms with Crippen LogP contribution < -0.4 is 0 Å². The predicted molar refractivity (Wildman–Crippen MR) is 94.8 cm³/mol. The largest absolute Gasteiger partial charge is 0.339 e. The Labute approximate surface area is 153 Å². The number of likely N-dealkylation sites (tertiary alicyclic amines) is 1. The molecule has 0 saturated carbocycles. The molecule has 2 aromatic rings. The lowest BCUT2D eigenvalue weighted by atomic mass is 9.71. The Morgan fingerprint density at radius 1 is 1.35 bits per heavy atom. The number of nitrogens with zero attached hydrogens (tertiary/aromatic N) is 5. The van der Waals surface area contributed by atoms with Crippen LogP contribution in [0, 0.1) is 12.3 Å². The maximum atomic E-state index is 12.4. The summed E-state index contributed by atoms with van der Waals surface area (Å²) >= 11 is 0. The number of aromatic nitrogens is 3. The molecule has 0 aromatic carbocycles. The molecular formula is C17H23N5O3S. The lowest BCUT2D eigenvalue weighted by molar-refractivity contribution is -0.0117. The molecule has 2 aliphatic rings. The molecule has 9 heteroatoms. The minimum Gasteiger partial charge on any atom is -0.339 e. The van der Waals surface area contributed by atoms with Crippen LogP contribution in [0.15, 0.2) is 29.0 Å². The van der Waals surface area contributed by atoms with Gasteiger partial charge in [-0.25, -0.2) is 12.7 Å². The molecule has 4 rings (SSSR count). The molecule has 2 saturated heterocycles. The highest BCUT2D eigenvalue weighted by molar-refractivity contribution is 7.89.